The fourth-order valence-corrected chi connectivity index (χ4v) is 3.09. The first-order chi connectivity index (χ1) is 10.7. The first kappa shape index (κ1) is 14.8. The number of nitrogens with zero attached hydrogens (tertiary/aromatic N) is 1. The molecule has 0 bridgehead atoms. The summed E-state index contributed by atoms with van der Waals surface area (Å²) in [4.78, 5) is 16.4. The predicted molar refractivity (Wildman–Crippen MR) is 88.3 cm³/mol. The van der Waals surface area contributed by atoms with Crippen LogP contribution >= 0.6 is 22.9 Å². The van der Waals surface area contributed by atoms with Crippen LogP contribution in [0.25, 0.3) is 10.6 Å². The van der Waals surface area contributed by atoms with Gasteiger partial charge in [0.1, 0.15) is 10.8 Å². The molecule has 0 fully saturated rings. The molecule has 2 aromatic carbocycles. The molecule has 0 saturated carbocycles. The first-order valence-corrected chi connectivity index (χ1v) is 7.93. The Bertz CT molecular complexity index is 786. The van der Waals surface area contributed by atoms with E-state index >= 15 is 0 Å². The molecule has 5 heteroatoms. The molecule has 22 heavy (non-hydrogen) atoms. The van der Waals surface area contributed by atoms with Crippen LogP contribution in [0.5, 0.6) is 5.75 Å². The van der Waals surface area contributed by atoms with E-state index in [4.69, 9.17) is 16.3 Å². The van der Waals surface area contributed by atoms with E-state index in [0.29, 0.717) is 16.5 Å². The van der Waals surface area contributed by atoms with Crippen molar-refractivity contribution in [3.8, 4) is 16.3 Å². The van der Waals surface area contributed by atoms with E-state index in [9.17, 15) is 4.79 Å². The van der Waals surface area contributed by atoms with E-state index in [0.717, 1.165) is 10.6 Å². The van der Waals surface area contributed by atoms with Crippen LogP contribution < -0.4 is 4.74 Å². The molecule has 0 N–H and O–H groups in total. The Morgan fingerprint density at radius 3 is 2.59 bits per heavy atom. The highest BCUT2D eigenvalue weighted by Gasteiger charge is 2.12. The number of carbonyl (C=O) groups is 1. The van der Waals surface area contributed by atoms with Crippen LogP contribution in [0.2, 0.25) is 5.02 Å². The molecule has 3 aromatic rings. The maximum absolute atomic E-state index is 11.9. The van der Waals surface area contributed by atoms with Crippen molar-refractivity contribution in [2.24, 2.45) is 0 Å². The smallest absolute Gasteiger partial charge is 0.317 e. The highest BCUT2D eigenvalue weighted by molar-refractivity contribution is 7.13. The summed E-state index contributed by atoms with van der Waals surface area (Å²) in [6.07, 6.45) is 0.135. The maximum atomic E-state index is 11.9. The zero-order valence-electron chi connectivity index (χ0n) is 11.5. The Morgan fingerprint density at radius 1 is 1.09 bits per heavy atom. The molecule has 0 unspecified atom stereocenters. The number of halogens is 1. The number of thiazole rings is 1. The number of hydrogen-bond donors (Lipinski definition) is 0. The molecule has 0 aliphatic rings. The molecule has 0 aliphatic heterocycles. The number of rotatable bonds is 4. The van der Waals surface area contributed by atoms with Gasteiger partial charge in [-0.2, -0.15) is 0 Å². The van der Waals surface area contributed by atoms with Crippen molar-refractivity contribution in [2.45, 2.75) is 6.42 Å². The Labute approximate surface area is 137 Å². The van der Waals surface area contributed by atoms with Crippen LogP contribution in [0.4, 0.5) is 0 Å². The van der Waals surface area contributed by atoms with Crippen LogP contribution in [0.15, 0.2) is 60.0 Å². The Kier molecular flexibility index (Phi) is 4.51. The molecule has 0 saturated heterocycles. The molecule has 1 heterocycles. The van der Waals surface area contributed by atoms with Gasteiger partial charge in [-0.3, -0.25) is 4.79 Å². The quantitative estimate of drug-likeness (QED) is 0.518. The summed E-state index contributed by atoms with van der Waals surface area (Å²) in [5.74, 6) is 0.205. The van der Waals surface area contributed by atoms with Crippen molar-refractivity contribution >= 4 is 28.9 Å². The number of para-hydroxylation sites is 1. The summed E-state index contributed by atoms with van der Waals surface area (Å²) in [5.41, 5.74) is 1.55. The van der Waals surface area contributed by atoms with E-state index in [1.165, 1.54) is 11.3 Å². The van der Waals surface area contributed by atoms with Gasteiger partial charge in [0.15, 0.2) is 0 Å². The first-order valence-electron chi connectivity index (χ1n) is 6.67. The lowest BCUT2D eigenvalue weighted by molar-refractivity contribution is -0.133. The second-order valence-corrected chi connectivity index (χ2v) is 5.85. The number of carbonyl (C=O) groups excluding carboxylic acids is 1. The minimum absolute atomic E-state index is 0.135. The number of hydrogen-bond acceptors (Lipinski definition) is 4. The molecule has 1 aromatic heterocycles. The summed E-state index contributed by atoms with van der Waals surface area (Å²) in [6, 6.07) is 16.5. The third-order valence-corrected chi connectivity index (χ3v) is 4.21. The predicted octanol–water partition coefficient (Wildman–Crippen LogP) is 4.61. The standard InChI is InChI=1S/C17H12ClNO2S/c18-15-9-5-4-8-14(15)17-19-12(11-22-17)10-16(20)21-13-6-2-1-3-7-13/h1-9,11H,10H2. The van der Waals surface area contributed by atoms with Crippen LogP contribution in [-0.2, 0) is 11.2 Å². The molecule has 3 nitrogen and oxygen atoms in total. The number of benzene rings is 2. The van der Waals surface area contributed by atoms with Gasteiger partial charge >= 0.3 is 5.97 Å². The summed E-state index contributed by atoms with van der Waals surface area (Å²) in [5, 5.41) is 3.30. The molecule has 0 radical (unpaired) electrons. The normalized spacial score (nSPS) is 10.4. The van der Waals surface area contributed by atoms with Gasteiger partial charge in [-0.05, 0) is 18.2 Å². The number of aromatic nitrogens is 1. The largest absolute Gasteiger partial charge is 0.426 e. The van der Waals surface area contributed by atoms with Crippen LogP contribution in [0, 0.1) is 0 Å². The van der Waals surface area contributed by atoms with Crippen LogP contribution in [0.3, 0.4) is 0 Å². The lowest BCUT2D eigenvalue weighted by Gasteiger charge is -2.02. The molecular weight excluding hydrogens is 318 g/mol. The summed E-state index contributed by atoms with van der Waals surface area (Å²) in [7, 11) is 0. The van der Waals surface area contributed by atoms with Crippen LogP contribution in [-0.4, -0.2) is 11.0 Å². The van der Waals surface area contributed by atoms with E-state index in [-0.39, 0.29) is 12.4 Å². The number of ether oxygens (including phenoxy) is 1. The SMILES string of the molecule is O=C(Cc1csc(-c2ccccc2Cl)n1)Oc1ccccc1. The molecule has 3 rings (SSSR count). The highest BCUT2D eigenvalue weighted by atomic mass is 35.5. The van der Waals surface area contributed by atoms with Crippen molar-refractivity contribution in [2.75, 3.05) is 0 Å². The van der Waals surface area contributed by atoms with E-state index in [2.05, 4.69) is 4.98 Å². The Morgan fingerprint density at radius 2 is 1.82 bits per heavy atom. The highest BCUT2D eigenvalue weighted by Crippen LogP contribution is 2.30. The van der Waals surface area contributed by atoms with Crippen molar-refractivity contribution < 1.29 is 9.53 Å². The average Bonchev–Trinajstić information content (AvgIpc) is 2.97. The van der Waals surface area contributed by atoms with Gasteiger partial charge in [0.25, 0.3) is 0 Å². The van der Waals surface area contributed by atoms with Gasteiger partial charge in [0.2, 0.25) is 0 Å². The van der Waals surface area contributed by atoms with Gasteiger partial charge in [0.05, 0.1) is 17.1 Å². The van der Waals surface area contributed by atoms with Gasteiger partial charge in [-0.25, -0.2) is 4.98 Å². The van der Waals surface area contributed by atoms with E-state index in [1.54, 1.807) is 12.1 Å². The summed E-state index contributed by atoms with van der Waals surface area (Å²) < 4.78 is 5.26. The van der Waals surface area contributed by atoms with Gasteiger partial charge in [0, 0.05) is 10.9 Å². The van der Waals surface area contributed by atoms with Gasteiger partial charge in [-0.1, -0.05) is 48.0 Å². The zero-order chi connectivity index (χ0) is 15.4. The minimum atomic E-state index is -0.331. The van der Waals surface area contributed by atoms with E-state index in [1.807, 2.05) is 47.8 Å². The van der Waals surface area contributed by atoms with Crippen molar-refractivity contribution in [3.63, 3.8) is 0 Å². The monoisotopic (exact) mass is 329 g/mol. The Hall–Kier alpha value is -2.17. The Balaban J connectivity index is 1.70. The minimum Gasteiger partial charge on any atom is -0.426 e. The summed E-state index contributed by atoms with van der Waals surface area (Å²) in [6.45, 7) is 0. The molecule has 0 spiro atoms. The average molecular weight is 330 g/mol. The molecule has 110 valence electrons. The molecular formula is C17H12ClNO2S. The van der Waals surface area contributed by atoms with E-state index < -0.39 is 0 Å². The van der Waals surface area contributed by atoms with Crippen molar-refractivity contribution in [1.29, 1.82) is 0 Å². The lowest BCUT2D eigenvalue weighted by Crippen LogP contribution is -2.11. The van der Waals surface area contributed by atoms with Gasteiger partial charge in [-0.15, -0.1) is 11.3 Å². The summed E-state index contributed by atoms with van der Waals surface area (Å²) >= 11 is 7.62. The number of esters is 1. The fraction of sp³-hybridized carbons (Fsp3) is 0.0588. The zero-order valence-corrected chi connectivity index (χ0v) is 13.1. The molecule has 0 aliphatic carbocycles. The maximum Gasteiger partial charge on any atom is 0.317 e. The fourth-order valence-electron chi connectivity index (χ4n) is 1.95. The van der Waals surface area contributed by atoms with Gasteiger partial charge < -0.3 is 4.74 Å². The van der Waals surface area contributed by atoms with Crippen molar-refractivity contribution in [3.05, 3.63) is 70.7 Å². The second-order valence-electron chi connectivity index (χ2n) is 4.59. The lowest BCUT2D eigenvalue weighted by atomic mass is 10.2. The topological polar surface area (TPSA) is 39.2 Å². The molecule has 0 atom stereocenters. The van der Waals surface area contributed by atoms with Crippen molar-refractivity contribution in [1.82, 2.24) is 4.98 Å². The third kappa shape index (κ3) is 3.53. The molecule has 0 amide bonds. The second kappa shape index (κ2) is 6.73. The third-order valence-electron chi connectivity index (χ3n) is 2.96. The van der Waals surface area contributed by atoms with Crippen LogP contribution in [0.1, 0.15) is 5.69 Å².